The maximum absolute atomic E-state index is 5.80. The number of hydrogen-bond donors (Lipinski definition) is 2. The summed E-state index contributed by atoms with van der Waals surface area (Å²) in [6.45, 7) is 4.68. The van der Waals surface area contributed by atoms with Crippen LogP contribution in [0.3, 0.4) is 0 Å². The molecule has 2 rings (SSSR count). The van der Waals surface area contributed by atoms with Crippen molar-refractivity contribution >= 4 is 17.4 Å². The van der Waals surface area contributed by atoms with Crippen LogP contribution in [0.4, 0.5) is 5.82 Å². The number of anilines is 1. The molecule has 2 aromatic rings. The second-order valence-corrected chi connectivity index (χ2v) is 4.00. The molecule has 2 aromatic heterocycles. The Hall–Kier alpha value is -1.55. The third kappa shape index (κ3) is 2.33. The summed E-state index contributed by atoms with van der Waals surface area (Å²) in [6, 6.07) is 5.50. The molecule has 0 atom stereocenters. The lowest BCUT2D eigenvalue weighted by Crippen LogP contribution is -2.02. The van der Waals surface area contributed by atoms with Gasteiger partial charge in [0.15, 0.2) is 0 Å². The minimum Gasteiger partial charge on any atom is -0.366 e. The number of pyridine rings is 1. The summed E-state index contributed by atoms with van der Waals surface area (Å²) in [4.78, 5) is 4.16. The lowest BCUT2D eigenvalue weighted by atomic mass is 10.2. The summed E-state index contributed by atoms with van der Waals surface area (Å²) in [5.41, 5.74) is 3.25. The largest absolute Gasteiger partial charge is 0.366 e. The zero-order valence-electron chi connectivity index (χ0n) is 9.21. The van der Waals surface area contributed by atoms with Crippen molar-refractivity contribution in [1.29, 1.82) is 0 Å². The van der Waals surface area contributed by atoms with Crippen LogP contribution in [0.5, 0.6) is 0 Å². The van der Waals surface area contributed by atoms with Crippen LogP contribution in [0.2, 0.25) is 5.15 Å². The van der Waals surface area contributed by atoms with Gasteiger partial charge < -0.3 is 5.32 Å². The molecule has 0 aromatic carbocycles. The minimum absolute atomic E-state index is 0.491. The van der Waals surface area contributed by atoms with E-state index in [4.69, 9.17) is 11.6 Å². The SMILES string of the molecule is Cc1n[nH]c(C)c1CNc1cccc(Cl)n1. The molecular formula is C11H13ClN4. The summed E-state index contributed by atoms with van der Waals surface area (Å²) in [6.07, 6.45) is 0. The van der Waals surface area contributed by atoms with E-state index < -0.39 is 0 Å². The van der Waals surface area contributed by atoms with Crippen LogP contribution < -0.4 is 5.32 Å². The third-order valence-electron chi connectivity index (χ3n) is 2.44. The number of halogens is 1. The number of nitrogens with one attached hydrogen (secondary N) is 2. The Morgan fingerprint density at radius 1 is 1.38 bits per heavy atom. The van der Waals surface area contributed by atoms with Gasteiger partial charge in [0, 0.05) is 17.8 Å². The molecule has 0 aliphatic carbocycles. The van der Waals surface area contributed by atoms with Gasteiger partial charge in [-0.05, 0) is 26.0 Å². The van der Waals surface area contributed by atoms with Gasteiger partial charge >= 0.3 is 0 Å². The monoisotopic (exact) mass is 236 g/mol. The summed E-state index contributed by atoms with van der Waals surface area (Å²) >= 11 is 5.80. The second-order valence-electron chi connectivity index (χ2n) is 3.61. The number of aromatic amines is 1. The molecule has 0 aliphatic rings. The van der Waals surface area contributed by atoms with E-state index in [0.717, 1.165) is 17.2 Å². The maximum atomic E-state index is 5.80. The van der Waals surface area contributed by atoms with E-state index in [1.165, 1.54) is 5.56 Å². The Bertz CT molecular complexity index is 473. The van der Waals surface area contributed by atoms with E-state index in [1.807, 2.05) is 26.0 Å². The van der Waals surface area contributed by atoms with Gasteiger partial charge in [-0.25, -0.2) is 4.98 Å². The van der Waals surface area contributed by atoms with Gasteiger partial charge in [-0.3, -0.25) is 5.10 Å². The highest BCUT2D eigenvalue weighted by Gasteiger charge is 2.05. The van der Waals surface area contributed by atoms with Gasteiger partial charge in [0.2, 0.25) is 0 Å². The van der Waals surface area contributed by atoms with Crippen LogP contribution >= 0.6 is 11.6 Å². The van der Waals surface area contributed by atoms with E-state index in [0.29, 0.717) is 11.7 Å². The molecule has 0 spiro atoms. The topological polar surface area (TPSA) is 53.6 Å². The highest BCUT2D eigenvalue weighted by Crippen LogP contribution is 2.13. The molecule has 0 saturated carbocycles. The zero-order valence-corrected chi connectivity index (χ0v) is 9.97. The molecule has 0 fully saturated rings. The van der Waals surface area contributed by atoms with Crippen molar-refractivity contribution in [2.24, 2.45) is 0 Å². The maximum Gasteiger partial charge on any atom is 0.131 e. The Kier molecular flexibility index (Phi) is 3.10. The van der Waals surface area contributed by atoms with Gasteiger partial charge in [0.05, 0.1) is 5.69 Å². The lowest BCUT2D eigenvalue weighted by Gasteiger charge is -2.05. The smallest absolute Gasteiger partial charge is 0.131 e. The summed E-state index contributed by atoms with van der Waals surface area (Å²) in [5, 5.41) is 10.8. The number of H-pyrrole nitrogens is 1. The van der Waals surface area contributed by atoms with Crippen LogP contribution in [-0.4, -0.2) is 15.2 Å². The van der Waals surface area contributed by atoms with E-state index in [9.17, 15) is 0 Å². The first-order valence-electron chi connectivity index (χ1n) is 5.03. The molecule has 0 unspecified atom stereocenters. The number of rotatable bonds is 3. The predicted molar refractivity (Wildman–Crippen MR) is 64.6 cm³/mol. The standard InChI is InChI=1S/C11H13ClN4/c1-7-9(8(2)16-15-7)6-13-11-5-3-4-10(12)14-11/h3-5H,6H2,1-2H3,(H,13,14)(H,15,16). The van der Waals surface area contributed by atoms with Crippen LogP contribution in [0.1, 0.15) is 17.0 Å². The molecule has 0 bridgehead atoms. The van der Waals surface area contributed by atoms with Gasteiger partial charge in [0.25, 0.3) is 0 Å². The van der Waals surface area contributed by atoms with Crippen LogP contribution in [-0.2, 0) is 6.54 Å². The minimum atomic E-state index is 0.491. The average molecular weight is 237 g/mol. The first-order valence-corrected chi connectivity index (χ1v) is 5.41. The Morgan fingerprint density at radius 3 is 2.81 bits per heavy atom. The fourth-order valence-corrected chi connectivity index (χ4v) is 1.68. The summed E-state index contributed by atoms with van der Waals surface area (Å²) < 4.78 is 0. The fourth-order valence-electron chi connectivity index (χ4n) is 1.52. The first-order chi connectivity index (χ1) is 7.66. The third-order valence-corrected chi connectivity index (χ3v) is 2.65. The fraction of sp³-hybridized carbons (Fsp3) is 0.273. The number of hydrogen-bond acceptors (Lipinski definition) is 3. The lowest BCUT2D eigenvalue weighted by molar-refractivity contribution is 1.02. The number of aromatic nitrogens is 3. The van der Waals surface area contributed by atoms with Gasteiger partial charge in [-0.15, -0.1) is 0 Å². The average Bonchev–Trinajstić information content (AvgIpc) is 2.56. The first kappa shape index (κ1) is 11.0. The van der Waals surface area contributed by atoms with Crippen LogP contribution in [0.15, 0.2) is 18.2 Å². The molecule has 2 N–H and O–H groups in total. The highest BCUT2D eigenvalue weighted by atomic mass is 35.5. The van der Waals surface area contributed by atoms with Gasteiger partial charge in [-0.2, -0.15) is 5.10 Å². The van der Waals surface area contributed by atoms with Crippen LogP contribution in [0, 0.1) is 13.8 Å². The molecule has 16 heavy (non-hydrogen) atoms. The quantitative estimate of drug-likeness (QED) is 0.806. The highest BCUT2D eigenvalue weighted by molar-refractivity contribution is 6.29. The molecule has 2 heterocycles. The van der Waals surface area contributed by atoms with E-state index in [-0.39, 0.29) is 0 Å². The molecule has 0 aliphatic heterocycles. The Labute approximate surface area is 99.1 Å². The molecule has 84 valence electrons. The van der Waals surface area contributed by atoms with Crippen molar-refractivity contribution in [2.45, 2.75) is 20.4 Å². The van der Waals surface area contributed by atoms with Crippen molar-refractivity contribution < 1.29 is 0 Å². The van der Waals surface area contributed by atoms with E-state index in [2.05, 4.69) is 20.5 Å². The van der Waals surface area contributed by atoms with Gasteiger partial charge in [-0.1, -0.05) is 17.7 Å². The Balaban J connectivity index is 2.08. The van der Waals surface area contributed by atoms with E-state index in [1.54, 1.807) is 6.07 Å². The van der Waals surface area contributed by atoms with E-state index >= 15 is 0 Å². The number of nitrogens with zero attached hydrogens (tertiary/aromatic N) is 2. The molecule has 0 amide bonds. The number of aryl methyl sites for hydroxylation is 2. The van der Waals surface area contributed by atoms with Crippen molar-refractivity contribution in [3.05, 3.63) is 40.3 Å². The predicted octanol–water partition coefficient (Wildman–Crippen LogP) is 2.69. The van der Waals surface area contributed by atoms with Crippen molar-refractivity contribution in [3.8, 4) is 0 Å². The molecule has 4 nitrogen and oxygen atoms in total. The molecule has 0 radical (unpaired) electrons. The zero-order chi connectivity index (χ0) is 11.5. The van der Waals surface area contributed by atoms with Crippen molar-refractivity contribution in [1.82, 2.24) is 15.2 Å². The summed E-state index contributed by atoms with van der Waals surface area (Å²) in [5.74, 6) is 0.771. The molecule has 0 saturated heterocycles. The van der Waals surface area contributed by atoms with Crippen molar-refractivity contribution in [3.63, 3.8) is 0 Å². The normalized spacial score (nSPS) is 10.4. The Morgan fingerprint density at radius 2 is 2.19 bits per heavy atom. The molecular weight excluding hydrogens is 224 g/mol. The molecule has 5 heteroatoms. The van der Waals surface area contributed by atoms with Gasteiger partial charge in [0.1, 0.15) is 11.0 Å². The second kappa shape index (κ2) is 4.53. The van der Waals surface area contributed by atoms with Crippen molar-refractivity contribution in [2.75, 3.05) is 5.32 Å². The van der Waals surface area contributed by atoms with Crippen LogP contribution in [0.25, 0.3) is 0 Å². The summed E-state index contributed by atoms with van der Waals surface area (Å²) in [7, 11) is 0.